The van der Waals surface area contributed by atoms with Crippen LogP contribution in [0.2, 0.25) is 5.02 Å². The Kier molecular flexibility index (Phi) is 4.41. The molecule has 0 spiro atoms. The lowest BCUT2D eigenvalue weighted by molar-refractivity contribution is 0.385. The highest BCUT2D eigenvalue weighted by molar-refractivity contribution is 6.31. The number of rotatable bonds is 4. The summed E-state index contributed by atoms with van der Waals surface area (Å²) >= 11 is 5.99. The van der Waals surface area contributed by atoms with Crippen LogP contribution in [0.15, 0.2) is 42.5 Å². The second-order valence-electron chi connectivity index (χ2n) is 4.93. The number of halogens is 1. The van der Waals surface area contributed by atoms with Gasteiger partial charge in [-0.1, -0.05) is 11.6 Å². The van der Waals surface area contributed by atoms with Gasteiger partial charge in [0.25, 0.3) is 0 Å². The van der Waals surface area contributed by atoms with E-state index in [-0.39, 0.29) is 0 Å². The van der Waals surface area contributed by atoms with E-state index in [1.165, 1.54) is 0 Å². The first-order valence-electron chi connectivity index (χ1n) is 7.04. The number of hydrogen-bond acceptors (Lipinski definition) is 5. The quantitative estimate of drug-likeness (QED) is 0.696. The van der Waals surface area contributed by atoms with E-state index in [1.54, 1.807) is 56.7 Å². The van der Waals surface area contributed by atoms with Gasteiger partial charge in [-0.05, 0) is 18.2 Å². The molecule has 0 aliphatic rings. The lowest BCUT2D eigenvalue weighted by Crippen LogP contribution is -1.93. The van der Waals surface area contributed by atoms with Gasteiger partial charge in [-0.25, -0.2) is 4.98 Å². The fourth-order valence-electron chi connectivity index (χ4n) is 2.28. The fourth-order valence-corrected chi connectivity index (χ4v) is 2.45. The number of pyridine rings is 1. The first kappa shape index (κ1) is 15.9. The van der Waals surface area contributed by atoms with Gasteiger partial charge in [0.2, 0.25) is 5.88 Å². The smallest absolute Gasteiger partial charge is 0.221 e. The van der Waals surface area contributed by atoms with E-state index in [0.29, 0.717) is 44.6 Å². The molecule has 1 aromatic heterocycles. The monoisotopic (exact) mass is 340 g/mol. The molecule has 0 N–H and O–H groups in total. The topological polar surface area (TPSA) is 64.4 Å². The molecule has 3 rings (SSSR count). The molecule has 0 fully saturated rings. The van der Waals surface area contributed by atoms with Crippen molar-refractivity contribution in [3.63, 3.8) is 0 Å². The van der Waals surface area contributed by atoms with Crippen molar-refractivity contribution in [3.05, 3.63) is 53.1 Å². The zero-order chi connectivity index (χ0) is 17.1. The average molecular weight is 341 g/mol. The van der Waals surface area contributed by atoms with Crippen molar-refractivity contribution < 1.29 is 14.2 Å². The Morgan fingerprint density at radius 2 is 1.62 bits per heavy atom. The van der Waals surface area contributed by atoms with Crippen LogP contribution in [-0.2, 0) is 0 Å². The number of methoxy groups -OCH3 is 2. The molecular formula is C18H13ClN2O3. The number of hydrogen-bond donors (Lipinski definition) is 0. The zero-order valence-electron chi connectivity index (χ0n) is 13.0. The summed E-state index contributed by atoms with van der Waals surface area (Å²) in [6, 6.07) is 14.1. The van der Waals surface area contributed by atoms with Crippen molar-refractivity contribution in [2.75, 3.05) is 14.2 Å². The van der Waals surface area contributed by atoms with E-state index >= 15 is 0 Å². The van der Waals surface area contributed by atoms with E-state index in [0.717, 1.165) is 0 Å². The number of aromatic nitrogens is 1. The third-order valence-electron chi connectivity index (χ3n) is 3.42. The number of nitrogens with zero attached hydrogens (tertiary/aromatic N) is 2. The molecule has 0 saturated carbocycles. The van der Waals surface area contributed by atoms with Gasteiger partial charge < -0.3 is 14.2 Å². The molecule has 24 heavy (non-hydrogen) atoms. The van der Waals surface area contributed by atoms with Crippen LogP contribution in [0.1, 0.15) is 5.56 Å². The van der Waals surface area contributed by atoms with Gasteiger partial charge in [0, 0.05) is 34.7 Å². The third kappa shape index (κ3) is 3.19. The maximum absolute atomic E-state index is 9.36. The van der Waals surface area contributed by atoms with Crippen molar-refractivity contribution in [2.45, 2.75) is 0 Å². The van der Waals surface area contributed by atoms with Crippen molar-refractivity contribution in [2.24, 2.45) is 0 Å². The molecular weight excluding hydrogens is 328 g/mol. The molecule has 5 nitrogen and oxygen atoms in total. The maximum Gasteiger partial charge on any atom is 0.221 e. The molecule has 0 aliphatic heterocycles. The van der Waals surface area contributed by atoms with Gasteiger partial charge in [-0.15, -0.1) is 0 Å². The molecule has 2 aromatic carbocycles. The number of benzene rings is 2. The highest BCUT2D eigenvalue weighted by atomic mass is 35.5. The van der Waals surface area contributed by atoms with E-state index < -0.39 is 0 Å². The molecule has 0 aliphatic carbocycles. The van der Waals surface area contributed by atoms with E-state index in [9.17, 15) is 5.26 Å². The summed E-state index contributed by atoms with van der Waals surface area (Å²) in [5, 5.41) is 10.6. The van der Waals surface area contributed by atoms with Gasteiger partial charge in [-0.2, -0.15) is 5.26 Å². The minimum Gasteiger partial charge on any atom is -0.496 e. The SMILES string of the molecule is COc1cc(OC)cc(Oc2cc(C#N)c3cc(Cl)ccc3n2)c1. The summed E-state index contributed by atoms with van der Waals surface area (Å²) in [7, 11) is 3.12. The minimum atomic E-state index is 0.302. The Morgan fingerprint density at radius 1 is 0.958 bits per heavy atom. The van der Waals surface area contributed by atoms with Gasteiger partial charge >= 0.3 is 0 Å². The van der Waals surface area contributed by atoms with Crippen LogP contribution in [0.25, 0.3) is 10.9 Å². The molecule has 6 heteroatoms. The van der Waals surface area contributed by atoms with E-state index in [2.05, 4.69) is 11.1 Å². The van der Waals surface area contributed by atoms with E-state index in [1.807, 2.05) is 0 Å². The molecule has 120 valence electrons. The van der Waals surface area contributed by atoms with Crippen LogP contribution in [0.3, 0.4) is 0 Å². The Balaban J connectivity index is 2.05. The lowest BCUT2D eigenvalue weighted by Gasteiger charge is -2.10. The van der Waals surface area contributed by atoms with Crippen LogP contribution >= 0.6 is 11.6 Å². The van der Waals surface area contributed by atoms with Gasteiger partial charge in [0.1, 0.15) is 23.3 Å². The van der Waals surface area contributed by atoms with Gasteiger partial charge in [0.15, 0.2) is 0 Å². The third-order valence-corrected chi connectivity index (χ3v) is 3.65. The summed E-state index contributed by atoms with van der Waals surface area (Å²) in [4.78, 5) is 4.42. The van der Waals surface area contributed by atoms with Crippen molar-refractivity contribution in [1.82, 2.24) is 4.98 Å². The van der Waals surface area contributed by atoms with Crippen LogP contribution in [0.4, 0.5) is 0 Å². The number of fused-ring (bicyclic) bond motifs is 1. The van der Waals surface area contributed by atoms with Crippen LogP contribution in [0, 0.1) is 11.3 Å². The summed E-state index contributed by atoms with van der Waals surface area (Å²) in [6.07, 6.45) is 0. The Hall–Kier alpha value is -2.97. The molecule has 0 atom stereocenters. The van der Waals surface area contributed by atoms with Crippen molar-refractivity contribution in [1.29, 1.82) is 5.26 Å². The summed E-state index contributed by atoms with van der Waals surface area (Å²) < 4.78 is 16.2. The molecule has 0 bridgehead atoms. The molecule has 0 amide bonds. The molecule has 3 aromatic rings. The molecule has 0 unspecified atom stereocenters. The highest BCUT2D eigenvalue weighted by Crippen LogP contribution is 2.32. The molecule has 0 saturated heterocycles. The maximum atomic E-state index is 9.36. The first-order chi connectivity index (χ1) is 11.6. The van der Waals surface area contributed by atoms with Crippen LogP contribution in [-0.4, -0.2) is 19.2 Å². The highest BCUT2D eigenvalue weighted by Gasteiger charge is 2.10. The van der Waals surface area contributed by atoms with Crippen molar-refractivity contribution >= 4 is 22.5 Å². The fraction of sp³-hybridized carbons (Fsp3) is 0.111. The van der Waals surface area contributed by atoms with Gasteiger partial charge in [-0.3, -0.25) is 0 Å². The zero-order valence-corrected chi connectivity index (χ0v) is 13.8. The molecule has 0 radical (unpaired) electrons. The summed E-state index contributed by atoms with van der Waals surface area (Å²) in [5.74, 6) is 1.99. The Bertz CT molecular complexity index is 929. The normalized spacial score (nSPS) is 10.2. The molecule has 1 heterocycles. The summed E-state index contributed by atoms with van der Waals surface area (Å²) in [6.45, 7) is 0. The second-order valence-corrected chi connectivity index (χ2v) is 5.37. The first-order valence-corrected chi connectivity index (χ1v) is 7.42. The minimum absolute atomic E-state index is 0.302. The Morgan fingerprint density at radius 3 is 2.25 bits per heavy atom. The number of nitriles is 1. The lowest BCUT2D eigenvalue weighted by atomic mass is 10.1. The van der Waals surface area contributed by atoms with Crippen LogP contribution in [0.5, 0.6) is 23.1 Å². The standard InChI is InChI=1S/C18H13ClN2O3/c1-22-13-7-14(23-2)9-15(8-13)24-18-5-11(10-20)16-6-12(19)3-4-17(16)21-18/h3-9H,1-2H3. The van der Waals surface area contributed by atoms with Gasteiger partial charge in [0.05, 0.1) is 25.3 Å². The second kappa shape index (κ2) is 6.65. The number of ether oxygens (including phenoxy) is 3. The largest absolute Gasteiger partial charge is 0.496 e. The Labute approximate surface area is 144 Å². The van der Waals surface area contributed by atoms with Crippen molar-refractivity contribution in [3.8, 4) is 29.2 Å². The predicted molar refractivity (Wildman–Crippen MR) is 91.1 cm³/mol. The predicted octanol–water partition coefficient (Wildman–Crippen LogP) is 4.57. The van der Waals surface area contributed by atoms with E-state index in [4.69, 9.17) is 25.8 Å². The van der Waals surface area contributed by atoms with Crippen LogP contribution < -0.4 is 14.2 Å². The summed E-state index contributed by atoms with van der Waals surface area (Å²) in [5.41, 5.74) is 1.07. The average Bonchev–Trinajstić information content (AvgIpc) is 2.60.